The van der Waals surface area contributed by atoms with Crippen LogP contribution < -0.4 is 0 Å². The quantitative estimate of drug-likeness (QED) is 0.744. The highest BCUT2D eigenvalue weighted by molar-refractivity contribution is 5.77. The molecule has 2 rings (SSSR count). The molecule has 0 N–H and O–H groups in total. The van der Waals surface area contributed by atoms with Gasteiger partial charge in [-0.2, -0.15) is 0 Å². The molecule has 1 amide bonds. The maximum atomic E-state index is 12.4. The molecule has 0 aromatic carbocycles. The second-order valence-corrected chi connectivity index (χ2v) is 6.32. The van der Waals surface area contributed by atoms with Gasteiger partial charge in [0.15, 0.2) is 0 Å². The van der Waals surface area contributed by atoms with Crippen LogP contribution in [0.25, 0.3) is 0 Å². The van der Waals surface area contributed by atoms with Gasteiger partial charge in [0.25, 0.3) is 0 Å². The number of ether oxygens (including phenoxy) is 1. The van der Waals surface area contributed by atoms with Crippen molar-refractivity contribution >= 4 is 11.9 Å². The van der Waals surface area contributed by atoms with E-state index in [0.717, 1.165) is 13.0 Å². The van der Waals surface area contributed by atoms with Crippen LogP contribution in [0.15, 0.2) is 0 Å². The minimum atomic E-state index is -0.222. The summed E-state index contributed by atoms with van der Waals surface area (Å²) in [6.07, 6.45) is 7.68. The molecule has 1 heterocycles. The van der Waals surface area contributed by atoms with E-state index in [1.54, 1.807) is 0 Å². The zero-order valence-electron chi connectivity index (χ0n) is 12.8. The summed E-state index contributed by atoms with van der Waals surface area (Å²) in [5, 5.41) is 0. The topological polar surface area (TPSA) is 46.6 Å². The van der Waals surface area contributed by atoms with Gasteiger partial charge < -0.3 is 9.64 Å². The third-order valence-corrected chi connectivity index (χ3v) is 4.95. The first-order valence-corrected chi connectivity index (χ1v) is 7.99. The fourth-order valence-corrected chi connectivity index (χ4v) is 3.98. The van der Waals surface area contributed by atoms with Crippen molar-refractivity contribution in [3.05, 3.63) is 0 Å². The molecule has 1 saturated carbocycles. The molecule has 2 fully saturated rings. The fraction of sp³-hybridized carbons (Fsp3) is 0.875. The lowest BCUT2D eigenvalue weighted by Gasteiger charge is -2.47. The van der Waals surface area contributed by atoms with Crippen molar-refractivity contribution in [2.45, 2.75) is 64.3 Å². The van der Waals surface area contributed by atoms with Crippen LogP contribution in [0, 0.1) is 11.8 Å². The van der Waals surface area contributed by atoms with Crippen molar-refractivity contribution < 1.29 is 14.3 Å². The predicted octanol–water partition coefficient (Wildman–Crippen LogP) is 2.76. The van der Waals surface area contributed by atoms with Crippen LogP contribution in [-0.2, 0) is 14.3 Å². The van der Waals surface area contributed by atoms with E-state index in [1.165, 1.54) is 32.8 Å². The summed E-state index contributed by atoms with van der Waals surface area (Å²) in [7, 11) is 1.39. The summed E-state index contributed by atoms with van der Waals surface area (Å²) < 4.78 is 4.62. The van der Waals surface area contributed by atoms with Crippen molar-refractivity contribution in [3.63, 3.8) is 0 Å². The summed E-state index contributed by atoms with van der Waals surface area (Å²) in [6, 6.07) is 0.447. The first-order valence-electron chi connectivity index (χ1n) is 7.99. The number of nitrogens with zero attached hydrogens (tertiary/aromatic N) is 1. The summed E-state index contributed by atoms with van der Waals surface area (Å²) in [5.41, 5.74) is 0. The molecule has 1 saturated heterocycles. The molecular formula is C16H27NO3. The number of fused-ring (bicyclic) bond motifs is 1. The average Bonchev–Trinajstić information content (AvgIpc) is 2.46. The van der Waals surface area contributed by atoms with Gasteiger partial charge in [-0.25, -0.2) is 0 Å². The van der Waals surface area contributed by atoms with E-state index in [9.17, 15) is 9.59 Å². The number of piperidine rings is 1. The molecule has 20 heavy (non-hydrogen) atoms. The number of carbonyl (C=O) groups is 2. The van der Waals surface area contributed by atoms with E-state index in [4.69, 9.17) is 0 Å². The lowest BCUT2D eigenvalue weighted by molar-refractivity contribution is -0.141. The van der Waals surface area contributed by atoms with Crippen LogP contribution in [0.4, 0.5) is 0 Å². The highest BCUT2D eigenvalue weighted by Crippen LogP contribution is 2.38. The number of hydrogen-bond donors (Lipinski definition) is 0. The third kappa shape index (κ3) is 3.53. The lowest BCUT2D eigenvalue weighted by Crippen LogP contribution is -2.53. The van der Waals surface area contributed by atoms with Gasteiger partial charge in [0.2, 0.25) is 5.91 Å². The molecule has 0 radical (unpaired) electrons. The first-order chi connectivity index (χ1) is 9.63. The largest absolute Gasteiger partial charge is 0.469 e. The number of likely N-dealkylation sites (tertiary alicyclic amines) is 1. The van der Waals surface area contributed by atoms with E-state index in [-0.39, 0.29) is 11.9 Å². The summed E-state index contributed by atoms with van der Waals surface area (Å²) >= 11 is 0. The monoisotopic (exact) mass is 281 g/mol. The van der Waals surface area contributed by atoms with Crippen LogP contribution in [0.5, 0.6) is 0 Å². The molecule has 1 aliphatic carbocycles. The minimum absolute atomic E-state index is 0.222. The Morgan fingerprint density at radius 1 is 1.15 bits per heavy atom. The molecule has 0 aromatic heterocycles. The smallest absolute Gasteiger partial charge is 0.305 e. The summed E-state index contributed by atoms with van der Waals surface area (Å²) in [6.45, 7) is 3.19. The van der Waals surface area contributed by atoms with Crippen molar-refractivity contribution in [2.75, 3.05) is 13.7 Å². The van der Waals surface area contributed by atoms with Crippen LogP contribution in [0.3, 0.4) is 0 Å². The first kappa shape index (κ1) is 15.3. The molecule has 3 atom stereocenters. The van der Waals surface area contributed by atoms with Gasteiger partial charge in [0.05, 0.1) is 7.11 Å². The van der Waals surface area contributed by atoms with Crippen LogP contribution in [0.1, 0.15) is 58.3 Å². The van der Waals surface area contributed by atoms with Crippen molar-refractivity contribution in [3.8, 4) is 0 Å². The number of esters is 1. The third-order valence-electron chi connectivity index (χ3n) is 4.95. The number of rotatable bonds is 4. The van der Waals surface area contributed by atoms with Gasteiger partial charge >= 0.3 is 5.97 Å². The Morgan fingerprint density at radius 2 is 1.90 bits per heavy atom. The Hall–Kier alpha value is -1.06. The molecule has 114 valence electrons. The van der Waals surface area contributed by atoms with Gasteiger partial charge in [-0.15, -0.1) is 0 Å². The van der Waals surface area contributed by atoms with E-state index in [1.807, 2.05) is 0 Å². The Labute approximate surface area is 121 Å². The summed E-state index contributed by atoms with van der Waals surface area (Å²) in [4.78, 5) is 25.7. The molecule has 1 aliphatic heterocycles. The molecule has 0 unspecified atom stereocenters. The van der Waals surface area contributed by atoms with Crippen molar-refractivity contribution in [1.29, 1.82) is 0 Å². The molecule has 4 nitrogen and oxygen atoms in total. The van der Waals surface area contributed by atoms with Gasteiger partial charge in [-0.3, -0.25) is 9.59 Å². The van der Waals surface area contributed by atoms with Crippen molar-refractivity contribution in [1.82, 2.24) is 4.90 Å². The summed E-state index contributed by atoms with van der Waals surface area (Å²) in [5.74, 6) is 1.34. The molecule has 2 aliphatic rings. The Kier molecular flexibility index (Phi) is 5.44. The van der Waals surface area contributed by atoms with Crippen molar-refractivity contribution in [2.24, 2.45) is 11.8 Å². The highest BCUT2D eigenvalue weighted by atomic mass is 16.5. The molecule has 4 heteroatoms. The number of carbonyl (C=O) groups excluding carboxylic acids is 2. The second kappa shape index (κ2) is 7.09. The Morgan fingerprint density at radius 3 is 2.65 bits per heavy atom. The van der Waals surface area contributed by atoms with Crippen LogP contribution in [0.2, 0.25) is 0 Å². The minimum Gasteiger partial charge on any atom is -0.469 e. The number of methoxy groups -OCH3 is 1. The van der Waals surface area contributed by atoms with E-state index in [2.05, 4.69) is 16.6 Å². The predicted molar refractivity (Wildman–Crippen MR) is 77.1 cm³/mol. The van der Waals surface area contributed by atoms with E-state index < -0.39 is 0 Å². The lowest BCUT2D eigenvalue weighted by atomic mass is 9.73. The van der Waals surface area contributed by atoms with Crippen LogP contribution >= 0.6 is 0 Å². The SMILES string of the molecule is COC(=O)CCCC(=O)N1CCC[C@@H]2CCC[C@H](C)[C@@H]21. The number of hydrogen-bond acceptors (Lipinski definition) is 3. The Bertz CT molecular complexity index is 354. The molecule has 0 spiro atoms. The maximum Gasteiger partial charge on any atom is 0.305 e. The zero-order chi connectivity index (χ0) is 14.5. The van der Waals surface area contributed by atoms with Gasteiger partial charge in [0, 0.05) is 25.4 Å². The van der Waals surface area contributed by atoms with Gasteiger partial charge in [0.1, 0.15) is 0 Å². The van der Waals surface area contributed by atoms with E-state index in [0.29, 0.717) is 37.1 Å². The highest BCUT2D eigenvalue weighted by Gasteiger charge is 2.39. The second-order valence-electron chi connectivity index (χ2n) is 6.32. The maximum absolute atomic E-state index is 12.4. The average molecular weight is 281 g/mol. The molecular weight excluding hydrogens is 254 g/mol. The van der Waals surface area contributed by atoms with Gasteiger partial charge in [-0.05, 0) is 43.9 Å². The van der Waals surface area contributed by atoms with Gasteiger partial charge in [-0.1, -0.05) is 13.3 Å². The normalized spacial score (nSPS) is 29.7. The van der Waals surface area contributed by atoms with E-state index >= 15 is 0 Å². The Balaban J connectivity index is 1.88. The standard InChI is InChI=1S/C16H27NO3/c1-12-6-3-7-13-8-5-11-17(16(12)13)14(18)9-4-10-15(19)20-2/h12-13,16H,3-11H2,1-2H3/t12-,13-,16-/m0/s1. The van der Waals surface area contributed by atoms with Crippen LogP contribution in [-0.4, -0.2) is 36.5 Å². The fourth-order valence-electron chi connectivity index (χ4n) is 3.98. The molecule has 0 bridgehead atoms. The zero-order valence-corrected chi connectivity index (χ0v) is 12.8. The number of amides is 1. The molecule has 0 aromatic rings.